The van der Waals surface area contributed by atoms with Crippen LogP contribution in [0.1, 0.15) is 32.0 Å². The van der Waals surface area contributed by atoms with Crippen LogP contribution in [0.25, 0.3) is 10.9 Å². The Kier molecular flexibility index (Phi) is 4.34. The van der Waals surface area contributed by atoms with Gasteiger partial charge in [-0.1, -0.05) is 19.1 Å². The summed E-state index contributed by atoms with van der Waals surface area (Å²) in [7, 11) is 0. The Balaban J connectivity index is 2.03. The molecule has 0 atom stereocenters. The topological polar surface area (TPSA) is 46.9 Å². The summed E-state index contributed by atoms with van der Waals surface area (Å²) in [6.45, 7) is 5.07. The SMILES string of the molecule is CCCc1nc2ccccc2c(=O)n1CC1CCNCC1. The van der Waals surface area contributed by atoms with Gasteiger partial charge in [0.15, 0.2) is 0 Å². The summed E-state index contributed by atoms with van der Waals surface area (Å²) in [4.78, 5) is 17.5. The van der Waals surface area contributed by atoms with Gasteiger partial charge in [-0.2, -0.15) is 0 Å². The first-order chi connectivity index (χ1) is 10.3. The molecule has 0 aliphatic carbocycles. The number of rotatable bonds is 4. The molecule has 1 aliphatic rings. The third kappa shape index (κ3) is 3.00. The maximum absolute atomic E-state index is 12.8. The van der Waals surface area contributed by atoms with E-state index in [-0.39, 0.29) is 5.56 Å². The first-order valence-electron chi connectivity index (χ1n) is 7.98. The predicted molar refractivity (Wildman–Crippen MR) is 85.6 cm³/mol. The Labute approximate surface area is 125 Å². The highest BCUT2D eigenvalue weighted by atomic mass is 16.1. The molecule has 1 N–H and O–H groups in total. The smallest absolute Gasteiger partial charge is 0.261 e. The van der Waals surface area contributed by atoms with E-state index in [1.807, 2.05) is 28.8 Å². The number of para-hydroxylation sites is 1. The van der Waals surface area contributed by atoms with E-state index >= 15 is 0 Å². The maximum Gasteiger partial charge on any atom is 0.261 e. The monoisotopic (exact) mass is 285 g/mol. The van der Waals surface area contributed by atoms with Crippen LogP contribution >= 0.6 is 0 Å². The summed E-state index contributed by atoms with van der Waals surface area (Å²) < 4.78 is 1.93. The molecule has 1 fully saturated rings. The Bertz CT molecular complexity index is 671. The standard InChI is InChI=1S/C17H23N3O/c1-2-5-16-19-15-7-4-3-6-14(15)17(21)20(16)12-13-8-10-18-11-9-13/h3-4,6-7,13,18H,2,5,8-12H2,1H3. The van der Waals surface area contributed by atoms with Crippen molar-refractivity contribution in [2.24, 2.45) is 5.92 Å². The molecular formula is C17H23N3O. The molecular weight excluding hydrogens is 262 g/mol. The number of aromatic nitrogens is 2. The first kappa shape index (κ1) is 14.3. The van der Waals surface area contributed by atoms with Crippen molar-refractivity contribution >= 4 is 10.9 Å². The molecule has 4 heteroatoms. The van der Waals surface area contributed by atoms with Gasteiger partial charge in [0.25, 0.3) is 5.56 Å². The largest absolute Gasteiger partial charge is 0.317 e. The van der Waals surface area contributed by atoms with Crippen LogP contribution in [-0.4, -0.2) is 22.6 Å². The van der Waals surface area contributed by atoms with Crippen molar-refractivity contribution < 1.29 is 0 Å². The van der Waals surface area contributed by atoms with Gasteiger partial charge in [0, 0.05) is 13.0 Å². The fourth-order valence-corrected chi connectivity index (χ4v) is 3.14. The molecule has 2 heterocycles. The highest BCUT2D eigenvalue weighted by molar-refractivity contribution is 5.77. The van der Waals surface area contributed by atoms with Gasteiger partial charge in [-0.3, -0.25) is 9.36 Å². The summed E-state index contributed by atoms with van der Waals surface area (Å²) in [5.41, 5.74) is 0.954. The van der Waals surface area contributed by atoms with Crippen LogP contribution in [0.15, 0.2) is 29.1 Å². The molecule has 112 valence electrons. The average Bonchev–Trinajstić information content (AvgIpc) is 2.52. The van der Waals surface area contributed by atoms with Crippen LogP contribution in [0, 0.1) is 5.92 Å². The molecule has 1 aromatic heterocycles. The molecule has 0 spiro atoms. The molecule has 1 aromatic carbocycles. The number of nitrogens with one attached hydrogen (secondary N) is 1. The van der Waals surface area contributed by atoms with Crippen LogP contribution in [0.4, 0.5) is 0 Å². The molecule has 0 amide bonds. The third-order valence-corrected chi connectivity index (χ3v) is 4.31. The van der Waals surface area contributed by atoms with Crippen molar-refractivity contribution in [3.8, 4) is 0 Å². The van der Waals surface area contributed by atoms with Gasteiger partial charge in [0.2, 0.25) is 0 Å². The molecule has 21 heavy (non-hydrogen) atoms. The molecule has 0 radical (unpaired) electrons. The number of benzene rings is 1. The Morgan fingerprint density at radius 1 is 1.29 bits per heavy atom. The lowest BCUT2D eigenvalue weighted by Gasteiger charge is -2.24. The minimum Gasteiger partial charge on any atom is -0.317 e. The first-order valence-corrected chi connectivity index (χ1v) is 7.98. The Morgan fingerprint density at radius 3 is 2.81 bits per heavy atom. The van der Waals surface area contributed by atoms with Crippen molar-refractivity contribution in [2.45, 2.75) is 39.2 Å². The lowest BCUT2D eigenvalue weighted by molar-refractivity contribution is 0.325. The fraction of sp³-hybridized carbons (Fsp3) is 0.529. The zero-order chi connectivity index (χ0) is 14.7. The van der Waals surface area contributed by atoms with Gasteiger partial charge in [-0.15, -0.1) is 0 Å². The van der Waals surface area contributed by atoms with Crippen molar-refractivity contribution in [1.82, 2.24) is 14.9 Å². The molecule has 1 aliphatic heterocycles. The van der Waals surface area contributed by atoms with E-state index in [4.69, 9.17) is 4.98 Å². The third-order valence-electron chi connectivity index (χ3n) is 4.31. The van der Waals surface area contributed by atoms with Crippen molar-refractivity contribution in [1.29, 1.82) is 0 Å². The molecule has 2 aromatic rings. The second-order valence-electron chi connectivity index (χ2n) is 5.90. The van der Waals surface area contributed by atoms with Crippen LogP contribution in [-0.2, 0) is 13.0 Å². The number of aryl methyl sites for hydroxylation is 1. The summed E-state index contributed by atoms with van der Waals surface area (Å²) in [5, 5.41) is 4.12. The number of fused-ring (bicyclic) bond motifs is 1. The molecule has 0 bridgehead atoms. The highest BCUT2D eigenvalue weighted by Gasteiger charge is 2.17. The highest BCUT2D eigenvalue weighted by Crippen LogP contribution is 2.16. The number of piperidine rings is 1. The summed E-state index contributed by atoms with van der Waals surface area (Å²) in [5.74, 6) is 1.53. The zero-order valence-corrected chi connectivity index (χ0v) is 12.6. The number of hydrogen-bond acceptors (Lipinski definition) is 3. The van der Waals surface area contributed by atoms with E-state index < -0.39 is 0 Å². The van der Waals surface area contributed by atoms with Gasteiger partial charge in [-0.05, 0) is 50.4 Å². The minimum absolute atomic E-state index is 0.127. The van der Waals surface area contributed by atoms with E-state index in [1.54, 1.807) is 0 Å². The van der Waals surface area contributed by atoms with E-state index in [2.05, 4.69) is 12.2 Å². The van der Waals surface area contributed by atoms with Crippen molar-refractivity contribution in [2.75, 3.05) is 13.1 Å². The fourth-order valence-electron chi connectivity index (χ4n) is 3.14. The van der Waals surface area contributed by atoms with Crippen LogP contribution < -0.4 is 10.9 Å². The Hall–Kier alpha value is -1.68. The van der Waals surface area contributed by atoms with Gasteiger partial charge < -0.3 is 5.32 Å². The van der Waals surface area contributed by atoms with E-state index in [0.717, 1.165) is 62.0 Å². The van der Waals surface area contributed by atoms with Crippen LogP contribution in [0.5, 0.6) is 0 Å². The maximum atomic E-state index is 12.8. The van der Waals surface area contributed by atoms with Crippen LogP contribution in [0.3, 0.4) is 0 Å². The van der Waals surface area contributed by atoms with E-state index in [1.165, 1.54) is 0 Å². The van der Waals surface area contributed by atoms with Crippen molar-refractivity contribution in [3.05, 3.63) is 40.4 Å². The van der Waals surface area contributed by atoms with Crippen molar-refractivity contribution in [3.63, 3.8) is 0 Å². The summed E-state index contributed by atoms with van der Waals surface area (Å²) >= 11 is 0. The molecule has 1 saturated heterocycles. The second-order valence-corrected chi connectivity index (χ2v) is 5.90. The van der Waals surface area contributed by atoms with Gasteiger partial charge in [0.1, 0.15) is 5.82 Å². The lowest BCUT2D eigenvalue weighted by atomic mass is 9.98. The van der Waals surface area contributed by atoms with E-state index in [0.29, 0.717) is 5.92 Å². The second kappa shape index (κ2) is 6.39. The molecule has 0 saturated carbocycles. The van der Waals surface area contributed by atoms with Gasteiger partial charge >= 0.3 is 0 Å². The van der Waals surface area contributed by atoms with Crippen LogP contribution in [0.2, 0.25) is 0 Å². The predicted octanol–water partition coefficient (Wildman–Crippen LogP) is 2.35. The van der Waals surface area contributed by atoms with Gasteiger partial charge in [0.05, 0.1) is 10.9 Å². The minimum atomic E-state index is 0.127. The summed E-state index contributed by atoms with van der Waals surface area (Å²) in [6.07, 6.45) is 4.16. The average molecular weight is 285 g/mol. The number of hydrogen-bond donors (Lipinski definition) is 1. The molecule has 3 rings (SSSR count). The van der Waals surface area contributed by atoms with Gasteiger partial charge in [-0.25, -0.2) is 4.98 Å². The molecule has 4 nitrogen and oxygen atoms in total. The quantitative estimate of drug-likeness (QED) is 0.938. The summed E-state index contributed by atoms with van der Waals surface area (Å²) in [6, 6.07) is 7.69. The Morgan fingerprint density at radius 2 is 2.05 bits per heavy atom. The zero-order valence-electron chi connectivity index (χ0n) is 12.6. The van der Waals surface area contributed by atoms with E-state index in [9.17, 15) is 4.79 Å². The normalized spacial score (nSPS) is 16.4. The lowest BCUT2D eigenvalue weighted by Crippen LogP contribution is -2.34. The number of nitrogens with zero attached hydrogens (tertiary/aromatic N) is 2. The molecule has 0 unspecified atom stereocenters.